The summed E-state index contributed by atoms with van der Waals surface area (Å²) in [5, 5.41) is 7.24. The number of hydrogen-bond acceptors (Lipinski definition) is 7. The van der Waals surface area contributed by atoms with Gasteiger partial charge in [0, 0.05) is 35.5 Å². The average Bonchev–Trinajstić information content (AvgIpc) is 3.57. The van der Waals surface area contributed by atoms with Crippen molar-refractivity contribution in [2.75, 3.05) is 5.32 Å². The summed E-state index contributed by atoms with van der Waals surface area (Å²) in [6.07, 6.45) is -1.28. The molecule has 0 aromatic carbocycles. The number of alkyl halides is 5. The van der Waals surface area contributed by atoms with E-state index in [1.165, 1.54) is 6.92 Å². The Kier molecular flexibility index (Phi) is 6.74. The van der Waals surface area contributed by atoms with Crippen LogP contribution >= 0.6 is 22.9 Å². The van der Waals surface area contributed by atoms with Gasteiger partial charge in [-0.25, -0.2) is 23.3 Å². The molecule has 0 fully saturated rings. The van der Waals surface area contributed by atoms with Crippen molar-refractivity contribution in [3.05, 3.63) is 57.7 Å². The van der Waals surface area contributed by atoms with Crippen molar-refractivity contribution in [2.45, 2.75) is 39.1 Å². The van der Waals surface area contributed by atoms with Crippen LogP contribution in [0.5, 0.6) is 0 Å². The summed E-state index contributed by atoms with van der Waals surface area (Å²) in [6, 6.07) is 3.36. The van der Waals surface area contributed by atoms with E-state index in [4.69, 9.17) is 17.3 Å². The summed E-state index contributed by atoms with van der Waals surface area (Å²) >= 11 is 5.96. The molecule has 16 heteroatoms. The van der Waals surface area contributed by atoms with Crippen LogP contribution in [0.3, 0.4) is 0 Å². The summed E-state index contributed by atoms with van der Waals surface area (Å²) in [5.41, 5.74) is 5.28. The summed E-state index contributed by atoms with van der Waals surface area (Å²) < 4.78 is 57.9. The molecule has 5 aromatic heterocycles. The van der Waals surface area contributed by atoms with E-state index in [-0.39, 0.29) is 43.4 Å². The Bertz CT molecular complexity index is 1830. The lowest BCUT2D eigenvalue weighted by atomic mass is 10.0. The van der Waals surface area contributed by atoms with Crippen molar-refractivity contribution >= 4 is 56.3 Å². The Hall–Kier alpha value is -4.11. The number of carbonyl (C=O) groups excluding carboxylic acids is 2. The fourth-order valence-electron chi connectivity index (χ4n) is 4.27. The number of nitrogens with zero attached hydrogens (tertiary/aromatic N) is 6. The highest BCUT2D eigenvalue weighted by molar-refractivity contribution is 7.21. The van der Waals surface area contributed by atoms with Gasteiger partial charge in [0.2, 0.25) is 0 Å². The number of thiophene rings is 1. The predicted molar refractivity (Wildman–Crippen MR) is 140 cm³/mol. The summed E-state index contributed by atoms with van der Waals surface area (Å²) in [6.45, 7) is 5.51. The number of carbonyl (C=O) groups is 2. The molecule has 208 valence electrons. The first-order chi connectivity index (χ1) is 18.8. The van der Waals surface area contributed by atoms with Gasteiger partial charge in [-0.2, -0.15) is 19.0 Å². The molecule has 2 amide bonds. The highest BCUT2D eigenvalue weighted by atomic mass is 35.5. The maximum Gasteiger partial charge on any atom is 0.364 e. The number of aromatic nitrogens is 6. The Labute approximate surface area is 231 Å². The van der Waals surface area contributed by atoms with Crippen molar-refractivity contribution in [3.8, 4) is 11.1 Å². The average molecular weight is 595 g/mol. The highest BCUT2D eigenvalue weighted by Crippen LogP contribution is 2.43. The lowest BCUT2D eigenvalue weighted by Gasteiger charge is -2.10. The van der Waals surface area contributed by atoms with E-state index in [2.05, 4.69) is 25.5 Å². The van der Waals surface area contributed by atoms with Crippen LogP contribution in [0.2, 0.25) is 0 Å². The molecule has 5 heterocycles. The first-order valence-electron chi connectivity index (χ1n) is 11.6. The van der Waals surface area contributed by atoms with Gasteiger partial charge in [-0.1, -0.05) is 0 Å². The molecule has 3 N–H and O–H groups in total. The maximum atomic E-state index is 14.0. The van der Waals surface area contributed by atoms with Crippen LogP contribution in [-0.4, -0.2) is 41.2 Å². The molecule has 0 atom stereocenters. The Balaban J connectivity index is 1.70. The zero-order valence-corrected chi connectivity index (χ0v) is 22.5. The number of nitrogens with one attached hydrogen (secondary N) is 1. The van der Waals surface area contributed by atoms with Crippen molar-refractivity contribution < 1.29 is 27.2 Å². The van der Waals surface area contributed by atoms with Gasteiger partial charge >= 0.3 is 5.38 Å². The third-order valence-electron chi connectivity index (χ3n) is 6.01. The smallest absolute Gasteiger partial charge is 0.364 e. The molecule has 5 aromatic rings. The minimum Gasteiger partial charge on any atom is -0.365 e. The summed E-state index contributed by atoms with van der Waals surface area (Å²) in [4.78, 5) is 33.7. The topological polar surface area (TPSA) is 133 Å². The zero-order valence-electron chi connectivity index (χ0n) is 21.0. The monoisotopic (exact) mass is 594 g/mol. The standard InChI is InChI=1S/C24H19ClF4N8O2S/c1-4-36-8-12(10(3)34-36)11-6-13(20(26)27)32-23-17(11)18(19(40-23)21(30)38)33-22(39)14-7-16-31-9(2)5-15(24(25,28)29)37(16)35-14/h5-8,20H,4H2,1-3H3,(H2,30,38)(H,33,39). The second kappa shape index (κ2) is 9.82. The van der Waals surface area contributed by atoms with Crippen molar-refractivity contribution in [1.82, 2.24) is 29.4 Å². The zero-order chi connectivity index (χ0) is 29.1. The van der Waals surface area contributed by atoms with Gasteiger partial charge in [0.1, 0.15) is 21.1 Å². The molecule has 0 aliphatic carbocycles. The number of rotatable bonds is 7. The van der Waals surface area contributed by atoms with Crippen LogP contribution in [0.4, 0.5) is 23.2 Å². The summed E-state index contributed by atoms with van der Waals surface area (Å²) in [5.74, 6) is -1.85. The van der Waals surface area contributed by atoms with Crippen LogP contribution in [0, 0.1) is 13.8 Å². The number of halogens is 5. The molecule has 0 spiro atoms. The normalized spacial score (nSPS) is 12.1. The van der Waals surface area contributed by atoms with Gasteiger partial charge in [-0.05, 0) is 50.1 Å². The molecule has 0 radical (unpaired) electrons. The number of primary amides is 1. The fourth-order valence-corrected chi connectivity index (χ4v) is 5.42. The molecule has 0 saturated heterocycles. The van der Waals surface area contributed by atoms with Gasteiger partial charge in [0.25, 0.3) is 18.2 Å². The van der Waals surface area contributed by atoms with E-state index >= 15 is 0 Å². The minimum absolute atomic E-state index is 0.0249. The molecule has 0 saturated carbocycles. The van der Waals surface area contributed by atoms with Crippen molar-refractivity contribution in [3.63, 3.8) is 0 Å². The van der Waals surface area contributed by atoms with E-state index < -0.39 is 35.0 Å². The lowest BCUT2D eigenvalue weighted by Crippen LogP contribution is -2.18. The second-order valence-corrected chi connectivity index (χ2v) is 10.2. The van der Waals surface area contributed by atoms with E-state index in [9.17, 15) is 27.2 Å². The van der Waals surface area contributed by atoms with Crippen LogP contribution in [0.1, 0.15) is 56.3 Å². The van der Waals surface area contributed by atoms with E-state index in [1.807, 2.05) is 6.92 Å². The number of pyridine rings is 1. The van der Waals surface area contributed by atoms with E-state index in [0.29, 0.717) is 17.8 Å². The molecule has 10 nitrogen and oxygen atoms in total. The molecule has 0 aliphatic heterocycles. The Morgan fingerprint density at radius 1 is 1.15 bits per heavy atom. The van der Waals surface area contributed by atoms with Gasteiger partial charge in [0.15, 0.2) is 11.3 Å². The number of fused-ring (bicyclic) bond motifs is 2. The number of aryl methyl sites for hydroxylation is 3. The van der Waals surface area contributed by atoms with E-state index in [1.54, 1.807) is 17.8 Å². The van der Waals surface area contributed by atoms with Crippen molar-refractivity contribution in [2.24, 2.45) is 5.73 Å². The quantitative estimate of drug-likeness (QED) is 0.191. The molecular weight excluding hydrogens is 576 g/mol. The first kappa shape index (κ1) is 27.5. The second-order valence-electron chi connectivity index (χ2n) is 8.76. The molecule has 0 aliphatic rings. The molecule has 0 unspecified atom stereocenters. The largest absolute Gasteiger partial charge is 0.365 e. The number of amides is 2. The predicted octanol–water partition coefficient (Wildman–Crippen LogP) is 5.42. The number of hydrogen-bond donors (Lipinski definition) is 2. The SMILES string of the molecule is CCn1cc(-c2cc(C(F)F)nc3sc(C(N)=O)c(NC(=O)c4cc5nc(C)cc(C(F)(F)Cl)n5n4)c23)c(C)n1. The maximum absolute atomic E-state index is 14.0. The van der Waals surface area contributed by atoms with E-state index in [0.717, 1.165) is 34.1 Å². The minimum atomic E-state index is -3.81. The molecular formula is C24H19ClF4N8O2S. The van der Waals surface area contributed by atoms with Crippen LogP contribution < -0.4 is 11.1 Å². The van der Waals surface area contributed by atoms with Crippen LogP contribution in [0.25, 0.3) is 27.0 Å². The van der Waals surface area contributed by atoms with Gasteiger partial charge in [-0.15, -0.1) is 11.3 Å². The van der Waals surface area contributed by atoms with Gasteiger partial charge in [-0.3, -0.25) is 14.3 Å². The fraction of sp³-hybridized carbons (Fsp3) is 0.250. The summed E-state index contributed by atoms with van der Waals surface area (Å²) in [7, 11) is 0. The highest BCUT2D eigenvalue weighted by Gasteiger charge is 2.33. The van der Waals surface area contributed by atoms with Gasteiger partial charge in [0.05, 0.1) is 11.4 Å². The third-order valence-corrected chi connectivity index (χ3v) is 7.30. The molecule has 5 rings (SSSR count). The first-order valence-corrected chi connectivity index (χ1v) is 12.8. The lowest BCUT2D eigenvalue weighted by molar-refractivity contribution is 0.0867. The van der Waals surface area contributed by atoms with Gasteiger partial charge < -0.3 is 11.1 Å². The third kappa shape index (κ3) is 4.75. The van der Waals surface area contributed by atoms with Crippen LogP contribution in [0.15, 0.2) is 24.4 Å². The molecule has 40 heavy (non-hydrogen) atoms. The van der Waals surface area contributed by atoms with Crippen molar-refractivity contribution in [1.29, 1.82) is 0 Å². The van der Waals surface area contributed by atoms with Crippen LogP contribution in [-0.2, 0) is 11.9 Å². The molecule has 0 bridgehead atoms. The Morgan fingerprint density at radius 3 is 2.48 bits per heavy atom. The Morgan fingerprint density at radius 2 is 1.88 bits per heavy atom. The number of nitrogens with two attached hydrogens (primary N) is 1. The number of anilines is 1.